The monoisotopic (exact) mass is 322 g/mol. The molecule has 0 bridgehead atoms. The van der Waals surface area contributed by atoms with Gasteiger partial charge in [0.25, 0.3) is 0 Å². The van der Waals surface area contributed by atoms with Crippen LogP contribution in [-0.4, -0.2) is 11.8 Å². The lowest BCUT2D eigenvalue weighted by Gasteiger charge is -2.18. The van der Waals surface area contributed by atoms with E-state index in [1.165, 1.54) is 0 Å². The van der Waals surface area contributed by atoms with Crippen molar-refractivity contribution < 1.29 is 14.3 Å². The second-order valence-corrected chi connectivity index (χ2v) is 6.78. The van der Waals surface area contributed by atoms with Crippen LogP contribution < -0.4 is 0 Å². The van der Waals surface area contributed by atoms with E-state index in [4.69, 9.17) is 4.74 Å². The SMILES string of the molecule is Cc1ccc(C(=O)[C@H](OC(=O)[C@H]2C[C@@H]2C)c2ccc(C)cc2)cc1. The molecule has 3 rings (SSSR count). The predicted octanol–water partition coefficient (Wildman–Crippen LogP) is 4.43. The van der Waals surface area contributed by atoms with Crippen molar-refractivity contribution in [1.29, 1.82) is 0 Å². The molecule has 0 heterocycles. The molecule has 1 fully saturated rings. The average molecular weight is 322 g/mol. The maximum absolute atomic E-state index is 12.9. The average Bonchev–Trinajstić information content (AvgIpc) is 3.30. The third-order valence-corrected chi connectivity index (χ3v) is 4.60. The molecule has 0 amide bonds. The number of esters is 1. The van der Waals surface area contributed by atoms with Crippen LogP contribution in [0.2, 0.25) is 0 Å². The molecule has 1 saturated carbocycles. The zero-order valence-electron chi connectivity index (χ0n) is 14.3. The molecular weight excluding hydrogens is 300 g/mol. The maximum Gasteiger partial charge on any atom is 0.310 e. The zero-order chi connectivity index (χ0) is 17.3. The van der Waals surface area contributed by atoms with E-state index >= 15 is 0 Å². The second kappa shape index (κ2) is 6.60. The molecule has 0 saturated heterocycles. The van der Waals surface area contributed by atoms with Crippen molar-refractivity contribution in [3.8, 4) is 0 Å². The molecule has 3 nitrogen and oxygen atoms in total. The Hall–Kier alpha value is -2.42. The molecule has 0 aromatic heterocycles. The van der Waals surface area contributed by atoms with Gasteiger partial charge in [-0.05, 0) is 26.2 Å². The molecule has 3 heteroatoms. The van der Waals surface area contributed by atoms with Crippen LogP contribution in [0.3, 0.4) is 0 Å². The fraction of sp³-hybridized carbons (Fsp3) is 0.333. The van der Waals surface area contributed by atoms with Gasteiger partial charge in [-0.1, -0.05) is 66.6 Å². The summed E-state index contributed by atoms with van der Waals surface area (Å²) in [6.45, 7) is 5.98. The third kappa shape index (κ3) is 3.56. The van der Waals surface area contributed by atoms with Crippen LogP contribution in [0.25, 0.3) is 0 Å². The largest absolute Gasteiger partial charge is 0.449 e. The Morgan fingerprint density at radius 3 is 1.96 bits per heavy atom. The molecule has 0 radical (unpaired) electrons. The highest BCUT2D eigenvalue weighted by atomic mass is 16.5. The van der Waals surface area contributed by atoms with E-state index in [9.17, 15) is 9.59 Å². The predicted molar refractivity (Wildman–Crippen MR) is 92.8 cm³/mol. The summed E-state index contributed by atoms with van der Waals surface area (Å²) in [5, 5.41) is 0. The van der Waals surface area contributed by atoms with E-state index in [0.29, 0.717) is 17.0 Å². The molecule has 0 spiro atoms. The minimum absolute atomic E-state index is 0.0660. The third-order valence-electron chi connectivity index (χ3n) is 4.60. The lowest BCUT2D eigenvalue weighted by Crippen LogP contribution is -2.21. The Balaban J connectivity index is 1.88. The molecule has 1 aliphatic rings. The highest BCUT2D eigenvalue weighted by molar-refractivity contribution is 6.01. The molecule has 124 valence electrons. The van der Waals surface area contributed by atoms with Crippen molar-refractivity contribution >= 4 is 11.8 Å². The van der Waals surface area contributed by atoms with Gasteiger partial charge in [-0.25, -0.2) is 0 Å². The first-order chi connectivity index (χ1) is 11.5. The van der Waals surface area contributed by atoms with Crippen LogP contribution in [-0.2, 0) is 9.53 Å². The number of Topliss-reactive ketones (excluding diaryl/α,β-unsaturated/α-hetero) is 1. The molecule has 24 heavy (non-hydrogen) atoms. The first-order valence-corrected chi connectivity index (χ1v) is 8.33. The Bertz CT molecular complexity index is 744. The van der Waals surface area contributed by atoms with Crippen molar-refractivity contribution in [2.45, 2.75) is 33.3 Å². The van der Waals surface area contributed by atoms with E-state index in [1.807, 2.05) is 57.2 Å². The first-order valence-electron chi connectivity index (χ1n) is 8.33. The van der Waals surface area contributed by atoms with Gasteiger partial charge in [0.1, 0.15) is 0 Å². The van der Waals surface area contributed by atoms with Crippen molar-refractivity contribution in [3.05, 3.63) is 70.8 Å². The number of hydrogen-bond donors (Lipinski definition) is 0. The molecule has 0 unspecified atom stereocenters. The van der Waals surface area contributed by atoms with Crippen LogP contribution in [0.15, 0.2) is 48.5 Å². The van der Waals surface area contributed by atoms with Crippen LogP contribution in [0, 0.1) is 25.7 Å². The van der Waals surface area contributed by atoms with Crippen LogP contribution in [0.4, 0.5) is 0 Å². The van der Waals surface area contributed by atoms with Gasteiger partial charge < -0.3 is 4.74 Å². The maximum atomic E-state index is 12.9. The Kier molecular flexibility index (Phi) is 4.52. The highest BCUT2D eigenvalue weighted by Gasteiger charge is 2.42. The van der Waals surface area contributed by atoms with Crippen LogP contribution >= 0.6 is 0 Å². The molecule has 2 aromatic carbocycles. The molecule has 2 aromatic rings. The number of aryl methyl sites for hydroxylation is 2. The van der Waals surface area contributed by atoms with Gasteiger partial charge in [-0.2, -0.15) is 0 Å². The number of benzene rings is 2. The lowest BCUT2D eigenvalue weighted by atomic mass is 9.98. The van der Waals surface area contributed by atoms with E-state index in [0.717, 1.165) is 17.5 Å². The van der Waals surface area contributed by atoms with E-state index < -0.39 is 6.10 Å². The van der Waals surface area contributed by atoms with Crippen LogP contribution in [0.5, 0.6) is 0 Å². The fourth-order valence-electron chi connectivity index (χ4n) is 2.74. The molecular formula is C21H22O3. The quantitative estimate of drug-likeness (QED) is 0.604. The van der Waals surface area contributed by atoms with Gasteiger partial charge in [-0.15, -0.1) is 0 Å². The Labute approximate surface area is 142 Å². The number of ether oxygens (including phenoxy) is 1. The lowest BCUT2D eigenvalue weighted by molar-refractivity contribution is -0.149. The van der Waals surface area contributed by atoms with Gasteiger partial charge >= 0.3 is 5.97 Å². The Morgan fingerprint density at radius 2 is 1.46 bits per heavy atom. The fourth-order valence-corrected chi connectivity index (χ4v) is 2.74. The number of rotatable bonds is 5. The minimum Gasteiger partial charge on any atom is -0.449 e. The summed E-state index contributed by atoms with van der Waals surface area (Å²) in [5.41, 5.74) is 3.46. The van der Waals surface area contributed by atoms with E-state index in [-0.39, 0.29) is 17.7 Å². The van der Waals surface area contributed by atoms with E-state index in [2.05, 4.69) is 0 Å². The topological polar surface area (TPSA) is 43.4 Å². The standard InChI is InChI=1S/C21H22O3/c1-13-4-8-16(9-5-13)19(22)20(17-10-6-14(2)7-11-17)24-21(23)18-12-15(18)3/h4-11,15,18,20H,12H2,1-3H3/t15-,18-,20+/m0/s1. The zero-order valence-corrected chi connectivity index (χ0v) is 14.3. The summed E-state index contributed by atoms with van der Waals surface area (Å²) in [6.07, 6.45) is -0.0355. The van der Waals surface area contributed by atoms with Crippen molar-refractivity contribution in [2.24, 2.45) is 11.8 Å². The number of ketones is 1. The van der Waals surface area contributed by atoms with Crippen molar-refractivity contribution in [1.82, 2.24) is 0 Å². The van der Waals surface area contributed by atoms with Gasteiger partial charge in [0.2, 0.25) is 5.78 Å². The smallest absolute Gasteiger partial charge is 0.310 e. The summed E-state index contributed by atoms with van der Waals surface area (Å²) < 4.78 is 5.63. The summed E-state index contributed by atoms with van der Waals surface area (Å²) in [6, 6.07) is 14.9. The summed E-state index contributed by atoms with van der Waals surface area (Å²) in [4.78, 5) is 25.2. The van der Waals surface area contributed by atoms with Crippen molar-refractivity contribution in [3.63, 3.8) is 0 Å². The number of carbonyl (C=O) groups is 2. The van der Waals surface area contributed by atoms with Crippen LogP contribution in [0.1, 0.15) is 46.5 Å². The van der Waals surface area contributed by atoms with Gasteiger partial charge in [0.15, 0.2) is 6.10 Å². The number of carbonyl (C=O) groups excluding carboxylic acids is 2. The Morgan fingerprint density at radius 1 is 0.958 bits per heavy atom. The van der Waals surface area contributed by atoms with E-state index in [1.54, 1.807) is 12.1 Å². The normalized spacial score (nSPS) is 20.3. The first kappa shape index (κ1) is 16.4. The summed E-state index contributed by atoms with van der Waals surface area (Å²) >= 11 is 0. The second-order valence-electron chi connectivity index (χ2n) is 6.78. The molecule has 1 aliphatic carbocycles. The van der Waals surface area contributed by atoms with Crippen molar-refractivity contribution in [2.75, 3.05) is 0 Å². The minimum atomic E-state index is -0.881. The molecule has 0 aliphatic heterocycles. The highest BCUT2D eigenvalue weighted by Crippen LogP contribution is 2.40. The molecule has 0 N–H and O–H groups in total. The number of hydrogen-bond acceptors (Lipinski definition) is 3. The molecule has 3 atom stereocenters. The van der Waals surface area contributed by atoms with Gasteiger partial charge in [0, 0.05) is 11.1 Å². The summed E-state index contributed by atoms with van der Waals surface area (Å²) in [7, 11) is 0. The van der Waals surface area contributed by atoms with Gasteiger partial charge in [-0.3, -0.25) is 9.59 Å². The van der Waals surface area contributed by atoms with Gasteiger partial charge in [0.05, 0.1) is 5.92 Å². The summed E-state index contributed by atoms with van der Waals surface area (Å²) in [5.74, 6) is -0.163.